The van der Waals surface area contributed by atoms with Crippen LogP contribution in [0.4, 0.5) is 5.69 Å². The first-order valence-corrected chi connectivity index (χ1v) is 10.2. The van der Waals surface area contributed by atoms with Crippen LogP contribution in [0, 0.1) is 6.92 Å². The molecule has 2 aromatic rings. The van der Waals surface area contributed by atoms with Gasteiger partial charge in [0.15, 0.2) is 5.96 Å². The number of morpholine rings is 1. The van der Waals surface area contributed by atoms with Crippen LogP contribution < -0.4 is 15.5 Å². The summed E-state index contributed by atoms with van der Waals surface area (Å²) in [5.41, 5.74) is 1.24. The Kier molecular flexibility index (Phi) is 9.44. The largest absolute Gasteiger partial charge is 0.463 e. The molecule has 30 heavy (non-hydrogen) atoms. The molecule has 3 N–H and O–H groups in total. The van der Waals surface area contributed by atoms with Gasteiger partial charge in [-0.25, -0.2) is 4.99 Å². The third kappa shape index (κ3) is 6.61. The molecule has 3 rings (SSSR count). The minimum atomic E-state index is -1.13. The van der Waals surface area contributed by atoms with Crippen molar-refractivity contribution in [3.8, 4) is 0 Å². The zero-order chi connectivity index (χ0) is 20.7. The van der Waals surface area contributed by atoms with Gasteiger partial charge in [0.05, 0.1) is 26.3 Å². The number of rotatable bonds is 7. The highest BCUT2D eigenvalue weighted by Gasteiger charge is 2.27. The van der Waals surface area contributed by atoms with E-state index in [1.54, 1.807) is 13.0 Å². The van der Waals surface area contributed by atoms with E-state index in [0.717, 1.165) is 38.6 Å². The van der Waals surface area contributed by atoms with Crippen molar-refractivity contribution in [1.82, 2.24) is 10.6 Å². The number of para-hydroxylation sites is 1. The van der Waals surface area contributed by atoms with Crippen LogP contribution in [0.2, 0.25) is 0 Å². The van der Waals surface area contributed by atoms with Gasteiger partial charge in [-0.05, 0) is 44.5 Å². The fourth-order valence-electron chi connectivity index (χ4n) is 3.33. The van der Waals surface area contributed by atoms with Crippen molar-refractivity contribution in [2.45, 2.75) is 32.9 Å². The van der Waals surface area contributed by atoms with Crippen LogP contribution in [-0.4, -0.2) is 50.5 Å². The predicted octanol–water partition coefficient (Wildman–Crippen LogP) is 3.01. The summed E-state index contributed by atoms with van der Waals surface area (Å²) in [7, 11) is 0. The van der Waals surface area contributed by atoms with Crippen LogP contribution >= 0.6 is 24.0 Å². The van der Waals surface area contributed by atoms with E-state index in [1.807, 2.05) is 26.0 Å². The Morgan fingerprint density at radius 1 is 1.17 bits per heavy atom. The van der Waals surface area contributed by atoms with Crippen molar-refractivity contribution in [2.75, 3.05) is 44.3 Å². The van der Waals surface area contributed by atoms with E-state index in [-0.39, 0.29) is 30.5 Å². The second-order valence-corrected chi connectivity index (χ2v) is 7.46. The van der Waals surface area contributed by atoms with E-state index < -0.39 is 5.60 Å². The number of ether oxygens (including phenoxy) is 1. The number of nitrogens with zero attached hydrogens (tertiary/aromatic N) is 2. The molecule has 1 saturated heterocycles. The Bertz CT molecular complexity index is 816. The van der Waals surface area contributed by atoms with Crippen LogP contribution in [0.1, 0.15) is 30.9 Å². The van der Waals surface area contributed by atoms with Crippen LogP contribution in [0.3, 0.4) is 0 Å². The maximum atomic E-state index is 10.8. The predicted molar refractivity (Wildman–Crippen MR) is 131 cm³/mol. The van der Waals surface area contributed by atoms with E-state index in [9.17, 15) is 5.11 Å². The van der Waals surface area contributed by atoms with Crippen molar-refractivity contribution >= 4 is 35.6 Å². The average molecular weight is 528 g/mol. The highest BCUT2D eigenvalue weighted by atomic mass is 127. The second-order valence-electron chi connectivity index (χ2n) is 7.46. The zero-order valence-electron chi connectivity index (χ0n) is 18.0. The molecule has 0 radical (unpaired) electrons. The zero-order valence-corrected chi connectivity index (χ0v) is 20.3. The summed E-state index contributed by atoms with van der Waals surface area (Å²) in [5, 5.41) is 17.2. The topological polar surface area (TPSA) is 82.3 Å². The molecule has 1 aromatic carbocycles. The second kappa shape index (κ2) is 11.6. The lowest BCUT2D eigenvalue weighted by Gasteiger charge is -2.30. The minimum Gasteiger partial charge on any atom is -0.463 e. The van der Waals surface area contributed by atoms with Gasteiger partial charge in [-0.3, -0.25) is 0 Å². The smallest absolute Gasteiger partial charge is 0.191 e. The number of aliphatic imine (C=N–C) groups is 1. The van der Waals surface area contributed by atoms with Gasteiger partial charge in [0.2, 0.25) is 0 Å². The number of halogens is 1. The molecule has 1 unspecified atom stereocenters. The van der Waals surface area contributed by atoms with Crippen molar-refractivity contribution in [3.05, 3.63) is 53.5 Å². The van der Waals surface area contributed by atoms with Gasteiger partial charge in [0.1, 0.15) is 17.1 Å². The molecule has 2 heterocycles. The number of guanidine groups is 1. The number of aliphatic hydroxyl groups is 1. The number of hydrogen-bond acceptors (Lipinski definition) is 5. The molecule has 1 fully saturated rings. The first kappa shape index (κ1) is 24.5. The van der Waals surface area contributed by atoms with Gasteiger partial charge in [-0.2, -0.15) is 0 Å². The third-order valence-corrected chi connectivity index (χ3v) is 4.97. The average Bonchev–Trinajstić information content (AvgIpc) is 3.18. The normalized spacial score (nSPS) is 16.5. The van der Waals surface area contributed by atoms with Gasteiger partial charge < -0.3 is 29.8 Å². The lowest BCUT2D eigenvalue weighted by molar-refractivity contribution is 0.0378. The number of aryl methyl sites for hydroxylation is 1. The number of benzene rings is 1. The van der Waals surface area contributed by atoms with Gasteiger partial charge >= 0.3 is 0 Å². The Hall–Kier alpha value is -1.78. The number of furan rings is 1. The first-order valence-electron chi connectivity index (χ1n) is 10.2. The summed E-state index contributed by atoms with van der Waals surface area (Å²) in [5.74, 6) is 1.98. The van der Waals surface area contributed by atoms with Gasteiger partial charge in [0, 0.05) is 25.3 Å². The Balaban J connectivity index is 0.00000320. The van der Waals surface area contributed by atoms with E-state index in [1.165, 1.54) is 11.3 Å². The molecule has 8 heteroatoms. The molecule has 1 aliphatic rings. The highest BCUT2D eigenvalue weighted by Crippen LogP contribution is 2.23. The van der Waals surface area contributed by atoms with Gasteiger partial charge in [-0.1, -0.05) is 18.2 Å². The molecule has 0 aliphatic carbocycles. The molecule has 0 amide bonds. The molecule has 0 spiro atoms. The first-order chi connectivity index (χ1) is 14.0. The number of nitrogens with one attached hydrogen (secondary N) is 2. The SMILES string of the molecule is CCNC(=NCc1ccccc1N1CCOCC1)NCC(C)(O)c1ccc(C)o1.I. The summed E-state index contributed by atoms with van der Waals surface area (Å²) >= 11 is 0. The monoisotopic (exact) mass is 528 g/mol. The third-order valence-electron chi connectivity index (χ3n) is 4.97. The molecular weight excluding hydrogens is 495 g/mol. The van der Waals surface area contributed by atoms with E-state index >= 15 is 0 Å². The maximum Gasteiger partial charge on any atom is 0.191 e. The summed E-state index contributed by atoms with van der Waals surface area (Å²) < 4.78 is 11.1. The van der Waals surface area contributed by atoms with Crippen molar-refractivity contribution < 1.29 is 14.3 Å². The maximum absolute atomic E-state index is 10.8. The number of anilines is 1. The Morgan fingerprint density at radius 3 is 2.57 bits per heavy atom. The van der Waals surface area contributed by atoms with Crippen LogP contribution in [0.15, 0.2) is 45.8 Å². The van der Waals surface area contributed by atoms with E-state index in [2.05, 4.69) is 33.7 Å². The van der Waals surface area contributed by atoms with Gasteiger partial charge in [0.25, 0.3) is 0 Å². The number of hydrogen-bond donors (Lipinski definition) is 3. The molecule has 166 valence electrons. The Labute approximate surface area is 195 Å². The van der Waals surface area contributed by atoms with Gasteiger partial charge in [-0.15, -0.1) is 24.0 Å². The van der Waals surface area contributed by atoms with Crippen LogP contribution in [0.25, 0.3) is 0 Å². The van der Waals surface area contributed by atoms with E-state index in [4.69, 9.17) is 14.1 Å². The van der Waals surface area contributed by atoms with Crippen LogP contribution in [-0.2, 0) is 16.9 Å². The standard InChI is InChI=1S/C22H32N4O3.HI/c1-4-23-21(25-16-22(3,27)20-10-9-17(2)29-20)24-15-18-7-5-6-8-19(18)26-11-13-28-14-12-26;/h5-10,27H,4,11-16H2,1-3H3,(H2,23,24,25);1H. The quantitative estimate of drug-likeness (QED) is 0.291. The van der Waals surface area contributed by atoms with E-state index in [0.29, 0.717) is 18.3 Å². The highest BCUT2D eigenvalue weighted by molar-refractivity contribution is 14.0. The fraction of sp³-hybridized carbons (Fsp3) is 0.500. The molecular formula is C22H33IN4O3. The van der Waals surface area contributed by atoms with Crippen molar-refractivity contribution in [3.63, 3.8) is 0 Å². The fourth-order valence-corrected chi connectivity index (χ4v) is 3.33. The van der Waals surface area contributed by atoms with Crippen molar-refractivity contribution in [2.24, 2.45) is 4.99 Å². The molecule has 0 saturated carbocycles. The Morgan fingerprint density at radius 2 is 1.90 bits per heavy atom. The minimum absolute atomic E-state index is 0. The summed E-state index contributed by atoms with van der Waals surface area (Å²) in [4.78, 5) is 7.08. The van der Waals surface area contributed by atoms with Crippen molar-refractivity contribution in [1.29, 1.82) is 0 Å². The summed E-state index contributed by atoms with van der Waals surface area (Å²) in [6, 6.07) is 12.0. The molecule has 1 aromatic heterocycles. The summed E-state index contributed by atoms with van der Waals surface area (Å²) in [6.45, 7) is 10.5. The molecule has 7 nitrogen and oxygen atoms in total. The lowest BCUT2D eigenvalue weighted by atomic mass is 10.0. The molecule has 1 aliphatic heterocycles. The van der Waals surface area contributed by atoms with Crippen LogP contribution in [0.5, 0.6) is 0 Å². The lowest BCUT2D eigenvalue weighted by Crippen LogP contribution is -2.44. The summed E-state index contributed by atoms with van der Waals surface area (Å²) in [6.07, 6.45) is 0. The molecule has 1 atom stereocenters. The molecule has 0 bridgehead atoms.